The molecule has 2 amide bonds. The summed E-state index contributed by atoms with van der Waals surface area (Å²) in [4.78, 5) is 26.4. The number of aliphatic hydroxyl groups is 2. The Morgan fingerprint density at radius 2 is 1.44 bits per heavy atom. The van der Waals surface area contributed by atoms with E-state index in [2.05, 4.69) is 6.92 Å². The Bertz CT molecular complexity index is 401. The maximum absolute atomic E-state index is 12.8. The van der Waals surface area contributed by atoms with Crippen LogP contribution >= 0.6 is 11.8 Å². The minimum absolute atomic E-state index is 0.232. The number of likely N-dealkylation sites (N-methyl/N-ethyl adjacent to an activating group) is 2. The number of carbonyl (C=O) groups excluding carboxylic acids is 2. The standard InChI is InChI=1S/C18H36N2O4S/c1-6-11-12-13-14-18(24,17(23)20(9-4)10-5)25-16(22)15(21)19(7-2)8-3/h16,22,24H,6-14H2,1-5H3. The third kappa shape index (κ3) is 7.54. The van der Waals surface area contributed by atoms with Gasteiger partial charge in [-0.1, -0.05) is 37.9 Å². The Hall–Kier alpha value is -0.790. The fraction of sp³-hybridized carbons (Fsp3) is 0.889. The molecule has 0 radical (unpaired) electrons. The zero-order chi connectivity index (χ0) is 19.5. The summed E-state index contributed by atoms with van der Waals surface area (Å²) in [5.41, 5.74) is -1.45. The molecular weight excluding hydrogens is 340 g/mol. The summed E-state index contributed by atoms with van der Waals surface area (Å²) in [6.45, 7) is 11.4. The number of amides is 2. The van der Waals surface area contributed by atoms with Crippen LogP contribution < -0.4 is 0 Å². The van der Waals surface area contributed by atoms with Crippen molar-refractivity contribution < 1.29 is 19.8 Å². The average Bonchev–Trinajstić information content (AvgIpc) is 2.60. The van der Waals surface area contributed by atoms with Crippen molar-refractivity contribution in [1.82, 2.24) is 9.80 Å². The van der Waals surface area contributed by atoms with Gasteiger partial charge < -0.3 is 20.0 Å². The van der Waals surface area contributed by atoms with Crippen LogP contribution in [0.1, 0.15) is 66.7 Å². The highest BCUT2D eigenvalue weighted by Gasteiger charge is 2.42. The largest absolute Gasteiger partial charge is 0.373 e. The summed E-state index contributed by atoms with van der Waals surface area (Å²) in [7, 11) is 0. The van der Waals surface area contributed by atoms with E-state index in [1.807, 2.05) is 27.7 Å². The van der Waals surface area contributed by atoms with Gasteiger partial charge in [-0.25, -0.2) is 0 Å². The van der Waals surface area contributed by atoms with E-state index in [1.165, 1.54) is 4.90 Å². The van der Waals surface area contributed by atoms with Crippen molar-refractivity contribution in [3.05, 3.63) is 0 Å². The fourth-order valence-corrected chi connectivity index (χ4v) is 3.80. The lowest BCUT2D eigenvalue weighted by Gasteiger charge is -2.34. The molecule has 0 aliphatic carbocycles. The van der Waals surface area contributed by atoms with Crippen LogP contribution in [0.4, 0.5) is 0 Å². The number of carbonyl (C=O) groups is 2. The maximum Gasteiger partial charge on any atom is 0.265 e. The second kappa shape index (κ2) is 12.5. The molecule has 2 unspecified atom stereocenters. The molecule has 0 saturated carbocycles. The number of hydrogen-bond donors (Lipinski definition) is 2. The highest BCUT2D eigenvalue weighted by molar-refractivity contribution is 8.02. The summed E-state index contributed by atoms with van der Waals surface area (Å²) in [6.07, 6.45) is 3.90. The first-order valence-corrected chi connectivity index (χ1v) is 10.3. The number of rotatable bonds is 13. The average molecular weight is 377 g/mol. The summed E-state index contributed by atoms with van der Waals surface area (Å²) >= 11 is 0.668. The van der Waals surface area contributed by atoms with E-state index in [-0.39, 0.29) is 6.42 Å². The topological polar surface area (TPSA) is 81.1 Å². The summed E-state index contributed by atoms with van der Waals surface area (Å²) in [5, 5.41) is 21.3. The molecule has 0 aromatic carbocycles. The van der Waals surface area contributed by atoms with E-state index in [1.54, 1.807) is 4.90 Å². The van der Waals surface area contributed by atoms with Crippen molar-refractivity contribution in [2.45, 2.75) is 77.1 Å². The Kier molecular flexibility index (Phi) is 12.1. The molecule has 0 bridgehead atoms. The first-order chi connectivity index (χ1) is 11.8. The Balaban J connectivity index is 5.22. The highest BCUT2D eigenvalue weighted by Crippen LogP contribution is 2.34. The molecule has 0 aromatic rings. The van der Waals surface area contributed by atoms with Gasteiger partial charge in [0.05, 0.1) is 0 Å². The molecule has 0 rings (SSSR count). The molecule has 6 nitrogen and oxygen atoms in total. The summed E-state index contributed by atoms with van der Waals surface area (Å²) in [5.74, 6) is -0.889. The number of unbranched alkanes of at least 4 members (excludes halogenated alkanes) is 3. The predicted octanol–water partition coefficient (Wildman–Crippen LogP) is 2.43. The Labute approximate surface area is 156 Å². The molecular formula is C18H36N2O4S. The Morgan fingerprint density at radius 1 is 0.920 bits per heavy atom. The minimum atomic E-state index is -1.78. The lowest BCUT2D eigenvalue weighted by molar-refractivity contribution is -0.143. The van der Waals surface area contributed by atoms with Gasteiger partial charge in [0.15, 0.2) is 10.4 Å². The number of hydrogen-bond acceptors (Lipinski definition) is 5. The lowest BCUT2D eigenvalue weighted by Crippen LogP contribution is -2.49. The van der Waals surface area contributed by atoms with Gasteiger partial charge in [-0.2, -0.15) is 0 Å². The van der Waals surface area contributed by atoms with Crippen molar-refractivity contribution in [2.75, 3.05) is 26.2 Å². The molecule has 0 heterocycles. The van der Waals surface area contributed by atoms with E-state index in [9.17, 15) is 19.8 Å². The zero-order valence-corrected chi connectivity index (χ0v) is 17.3. The summed E-state index contributed by atoms with van der Waals surface area (Å²) in [6, 6.07) is 0. The maximum atomic E-state index is 12.8. The van der Waals surface area contributed by atoms with Crippen molar-refractivity contribution >= 4 is 23.6 Å². The van der Waals surface area contributed by atoms with Crippen LogP contribution in [0.3, 0.4) is 0 Å². The first kappa shape index (κ1) is 24.2. The van der Waals surface area contributed by atoms with Crippen LogP contribution in [-0.4, -0.2) is 68.4 Å². The van der Waals surface area contributed by atoms with E-state index >= 15 is 0 Å². The van der Waals surface area contributed by atoms with E-state index in [0.717, 1.165) is 19.3 Å². The molecule has 0 aliphatic heterocycles. The SMILES string of the molecule is CCCCCCC(O)(SC(O)C(=O)N(CC)CC)C(=O)N(CC)CC. The normalized spacial score (nSPS) is 14.7. The van der Waals surface area contributed by atoms with Crippen molar-refractivity contribution in [3.63, 3.8) is 0 Å². The molecule has 2 atom stereocenters. The van der Waals surface area contributed by atoms with Gasteiger partial charge in [0, 0.05) is 26.2 Å². The van der Waals surface area contributed by atoms with Gasteiger partial charge in [0.2, 0.25) is 0 Å². The van der Waals surface area contributed by atoms with Gasteiger partial charge in [0.25, 0.3) is 11.8 Å². The second-order valence-corrected chi connectivity index (χ2v) is 7.41. The van der Waals surface area contributed by atoms with Gasteiger partial charge >= 0.3 is 0 Å². The molecule has 2 N–H and O–H groups in total. The third-order valence-corrected chi connectivity index (χ3v) is 5.54. The Morgan fingerprint density at radius 3 is 1.88 bits per heavy atom. The molecule has 7 heteroatoms. The number of thioether (sulfide) groups is 1. The molecule has 0 fully saturated rings. The van der Waals surface area contributed by atoms with Crippen LogP contribution in [-0.2, 0) is 9.59 Å². The van der Waals surface area contributed by atoms with Gasteiger partial charge in [0.1, 0.15) is 0 Å². The van der Waals surface area contributed by atoms with Crippen LogP contribution in [0, 0.1) is 0 Å². The third-order valence-electron chi connectivity index (χ3n) is 4.35. The van der Waals surface area contributed by atoms with Crippen molar-refractivity contribution in [3.8, 4) is 0 Å². The van der Waals surface area contributed by atoms with Gasteiger partial charge in [-0.15, -0.1) is 0 Å². The zero-order valence-electron chi connectivity index (χ0n) is 16.5. The number of aliphatic hydroxyl groups excluding tert-OH is 1. The first-order valence-electron chi connectivity index (χ1n) is 9.47. The monoisotopic (exact) mass is 376 g/mol. The number of nitrogens with zero attached hydrogens (tertiary/aromatic N) is 2. The molecule has 0 spiro atoms. The van der Waals surface area contributed by atoms with Crippen molar-refractivity contribution in [2.24, 2.45) is 0 Å². The quantitative estimate of drug-likeness (QED) is 0.381. The molecule has 25 heavy (non-hydrogen) atoms. The highest BCUT2D eigenvalue weighted by atomic mass is 32.2. The van der Waals surface area contributed by atoms with Crippen LogP contribution in [0.5, 0.6) is 0 Å². The van der Waals surface area contributed by atoms with Gasteiger partial charge in [-0.3, -0.25) is 9.59 Å². The van der Waals surface area contributed by atoms with Crippen molar-refractivity contribution in [1.29, 1.82) is 0 Å². The smallest absolute Gasteiger partial charge is 0.265 e. The van der Waals surface area contributed by atoms with Crippen LogP contribution in [0.25, 0.3) is 0 Å². The van der Waals surface area contributed by atoms with E-state index in [0.29, 0.717) is 44.4 Å². The summed E-state index contributed by atoms with van der Waals surface area (Å²) < 4.78 is 0. The molecule has 0 saturated heterocycles. The minimum Gasteiger partial charge on any atom is -0.373 e. The van der Waals surface area contributed by atoms with Crippen LogP contribution in [0.2, 0.25) is 0 Å². The molecule has 0 aromatic heterocycles. The lowest BCUT2D eigenvalue weighted by atomic mass is 10.1. The predicted molar refractivity (Wildman–Crippen MR) is 103 cm³/mol. The molecule has 0 aliphatic rings. The second-order valence-electron chi connectivity index (χ2n) is 6.05. The van der Waals surface area contributed by atoms with E-state index in [4.69, 9.17) is 0 Å². The van der Waals surface area contributed by atoms with Crippen LogP contribution in [0.15, 0.2) is 0 Å². The van der Waals surface area contributed by atoms with E-state index < -0.39 is 22.2 Å². The van der Waals surface area contributed by atoms with Gasteiger partial charge in [-0.05, 0) is 40.5 Å². The molecule has 148 valence electrons. The fourth-order valence-electron chi connectivity index (χ4n) is 2.69.